The molecule has 3 rings (SSSR count). The molecule has 2 N–H and O–H groups in total. The highest BCUT2D eigenvalue weighted by Crippen LogP contribution is 2.35. The highest BCUT2D eigenvalue weighted by Gasteiger charge is 2.21. The molecule has 8 heteroatoms. The van der Waals surface area contributed by atoms with Crippen molar-refractivity contribution < 1.29 is 4.79 Å². The topological polar surface area (TPSA) is 78.0 Å². The summed E-state index contributed by atoms with van der Waals surface area (Å²) >= 11 is 4.33. The number of primary amides is 1. The fourth-order valence-electron chi connectivity index (χ4n) is 2.51. The van der Waals surface area contributed by atoms with Crippen LogP contribution in [0.3, 0.4) is 0 Å². The van der Waals surface area contributed by atoms with Crippen molar-refractivity contribution in [3.05, 3.63) is 33.2 Å². The Kier molecular flexibility index (Phi) is 5.84. The Bertz CT molecular complexity index is 974. The normalized spacial score (nSPS) is 12.8. The first kappa shape index (κ1) is 19.1. The zero-order valence-corrected chi connectivity index (χ0v) is 17.3. The summed E-state index contributed by atoms with van der Waals surface area (Å²) in [7, 11) is 0. The van der Waals surface area contributed by atoms with E-state index in [0.717, 1.165) is 16.9 Å². The summed E-state index contributed by atoms with van der Waals surface area (Å²) in [5.41, 5.74) is 6.30. The van der Waals surface area contributed by atoms with Crippen LogP contribution in [0, 0.1) is 5.92 Å². The van der Waals surface area contributed by atoms with Crippen molar-refractivity contribution in [1.29, 1.82) is 0 Å². The third kappa shape index (κ3) is 3.87. The minimum Gasteiger partial charge on any atom is -0.369 e. The van der Waals surface area contributed by atoms with E-state index in [1.165, 1.54) is 23.1 Å². The van der Waals surface area contributed by atoms with Crippen LogP contribution in [0.5, 0.6) is 0 Å². The van der Waals surface area contributed by atoms with Crippen molar-refractivity contribution in [2.24, 2.45) is 11.7 Å². The van der Waals surface area contributed by atoms with Gasteiger partial charge in [0.2, 0.25) is 5.91 Å². The summed E-state index contributed by atoms with van der Waals surface area (Å²) in [6.45, 7) is 6.56. The summed E-state index contributed by atoms with van der Waals surface area (Å²) in [5, 5.41) is 4.78. The van der Waals surface area contributed by atoms with Gasteiger partial charge in [0, 0.05) is 22.4 Å². The molecule has 1 amide bonds. The number of amides is 1. The molecule has 0 aliphatic heterocycles. The molecule has 5 nitrogen and oxygen atoms in total. The smallest absolute Gasteiger partial charge is 0.263 e. The van der Waals surface area contributed by atoms with E-state index in [4.69, 9.17) is 10.7 Å². The van der Waals surface area contributed by atoms with Crippen LogP contribution in [0.15, 0.2) is 32.8 Å². The third-order valence-corrected chi connectivity index (χ3v) is 6.94. The number of hydrogen-bond acceptors (Lipinski definition) is 6. The lowest BCUT2D eigenvalue weighted by Gasteiger charge is -2.15. The predicted octanol–water partition coefficient (Wildman–Crippen LogP) is 4.20. The van der Waals surface area contributed by atoms with Gasteiger partial charge in [-0.3, -0.25) is 14.2 Å². The van der Waals surface area contributed by atoms with Gasteiger partial charge in [-0.2, -0.15) is 0 Å². The molecule has 1 atom stereocenters. The molecule has 0 saturated carbocycles. The maximum absolute atomic E-state index is 13.3. The Hall–Kier alpha value is -1.64. The summed E-state index contributed by atoms with van der Waals surface area (Å²) in [4.78, 5) is 31.3. The number of hydrogen-bond donors (Lipinski definition) is 1. The van der Waals surface area contributed by atoms with E-state index in [9.17, 15) is 9.59 Å². The molecule has 26 heavy (non-hydrogen) atoms. The number of aromatic nitrogens is 2. The van der Waals surface area contributed by atoms with E-state index in [-0.39, 0.29) is 5.56 Å². The number of thiophene rings is 2. The van der Waals surface area contributed by atoms with Crippen LogP contribution in [0.1, 0.15) is 27.2 Å². The summed E-state index contributed by atoms with van der Waals surface area (Å²) in [6, 6.07) is 3.99. The van der Waals surface area contributed by atoms with Gasteiger partial charge in [-0.05, 0) is 30.7 Å². The van der Waals surface area contributed by atoms with Gasteiger partial charge in [-0.1, -0.05) is 31.7 Å². The van der Waals surface area contributed by atoms with Crippen LogP contribution in [-0.4, -0.2) is 20.7 Å². The lowest BCUT2D eigenvalue weighted by Crippen LogP contribution is -2.27. The quantitative estimate of drug-likeness (QED) is 0.470. The molecule has 0 spiro atoms. The van der Waals surface area contributed by atoms with Crippen molar-refractivity contribution in [2.75, 3.05) is 0 Å². The summed E-state index contributed by atoms with van der Waals surface area (Å²) < 4.78 is 1.70. The van der Waals surface area contributed by atoms with Crippen molar-refractivity contribution in [2.45, 2.75) is 44.1 Å². The third-order valence-electron chi connectivity index (χ3n) is 4.06. The number of nitrogens with zero attached hydrogens (tertiary/aromatic N) is 2. The highest BCUT2D eigenvalue weighted by molar-refractivity contribution is 8.00. The van der Waals surface area contributed by atoms with Gasteiger partial charge in [0.25, 0.3) is 5.56 Å². The highest BCUT2D eigenvalue weighted by atomic mass is 32.2. The molecule has 0 radical (unpaired) electrons. The average Bonchev–Trinajstić information content (AvgIpc) is 3.22. The number of nitrogens with two attached hydrogens (primary N) is 1. The van der Waals surface area contributed by atoms with Gasteiger partial charge in [0.1, 0.15) is 4.83 Å². The molecular weight excluding hydrogens is 386 g/mol. The Labute approximate surface area is 164 Å². The average molecular weight is 408 g/mol. The van der Waals surface area contributed by atoms with Gasteiger partial charge < -0.3 is 5.73 Å². The molecular formula is C18H21N3O2S3. The largest absolute Gasteiger partial charge is 0.369 e. The van der Waals surface area contributed by atoms with Crippen LogP contribution >= 0.6 is 34.4 Å². The fourth-order valence-corrected chi connectivity index (χ4v) is 5.20. The van der Waals surface area contributed by atoms with Crippen LogP contribution in [0.25, 0.3) is 20.7 Å². The van der Waals surface area contributed by atoms with Crippen molar-refractivity contribution in [1.82, 2.24) is 9.55 Å². The Morgan fingerprint density at radius 2 is 2.12 bits per heavy atom. The Morgan fingerprint density at radius 1 is 1.35 bits per heavy atom. The van der Waals surface area contributed by atoms with Crippen molar-refractivity contribution >= 4 is 50.6 Å². The van der Waals surface area contributed by atoms with Gasteiger partial charge in [-0.15, -0.1) is 22.7 Å². The molecule has 138 valence electrons. The minimum atomic E-state index is -0.443. The SMILES string of the molecule is CC(C)CCn1c(SC(C)C(N)=O)nc2scc(-c3cccs3)c2c1=O. The predicted molar refractivity (Wildman–Crippen MR) is 111 cm³/mol. The van der Waals surface area contributed by atoms with Crippen molar-refractivity contribution in [3.63, 3.8) is 0 Å². The lowest BCUT2D eigenvalue weighted by atomic mass is 10.1. The first-order valence-corrected chi connectivity index (χ1v) is 11.0. The number of rotatable bonds is 7. The molecule has 3 aromatic rings. The standard InChI is InChI=1S/C18H21N3O2S3/c1-10(2)6-7-21-17(23)14-12(13-5-4-8-24-13)9-25-16(14)20-18(21)26-11(3)15(19)22/h4-5,8-11H,6-7H2,1-3H3,(H2,19,22). The number of thioether (sulfide) groups is 1. The van der Waals surface area contributed by atoms with E-state index in [1.807, 2.05) is 22.9 Å². The minimum absolute atomic E-state index is 0.0422. The number of carbonyl (C=O) groups excluding carboxylic acids is 1. The lowest BCUT2D eigenvalue weighted by molar-refractivity contribution is -0.117. The molecule has 0 aliphatic rings. The zero-order valence-electron chi connectivity index (χ0n) is 14.9. The maximum Gasteiger partial charge on any atom is 0.263 e. The second-order valence-electron chi connectivity index (χ2n) is 6.50. The van der Waals surface area contributed by atoms with Crippen LogP contribution < -0.4 is 11.3 Å². The van der Waals surface area contributed by atoms with Crippen LogP contribution in [0.4, 0.5) is 0 Å². The summed E-state index contributed by atoms with van der Waals surface area (Å²) in [5.74, 6) is 0.0495. The van der Waals surface area contributed by atoms with E-state index in [2.05, 4.69) is 13.8 Å². The van der Waals surface area contributed by atoms with Crippen molar-refractivity contribution in [3.8, 4) is 10.4 Å². The molecule has 0 fully saturated rings. The zero-order chi connectivity index (χ0) is 18.8. The maximum atomic E-state index is 13.3. The monoisotopic (exact) mass is 407 g/mol. The molecule has 3 heterocycles. The van der Waals surface area contributed by atoms with Gasteiger partial charge in [0.15, 0.2) is 5.16 Å². The molecule has 0 aromatic carbocycles. The molecule has 0 bridgehead atoms. The first-order valence-electron chi connectivity index (χ1n) is 8.40. The van der Waals surface area contributed by atoms with Gasteiger partial charge in [-0.25, -0.2) is 4.98 Å². The Morgan fingerprint density at radius 3 is 2.73 bits per heavy atom. The second-order valence-corrected chi connectivity index (χ2v) is 9.62. The van der Waals surface area contributed by atoms with Crippen LogP contribution in [0.2, 0.25) is 0 Å². The van der Waals surface area contributed by atoms with E-state index < -0.39 is 11.2 Å². The van der Waals surface area contributed by atoms with Gasteiger partial charge in [0.05, 0.1) is 10.6 Å². The van der Waals surface area contributed by atoms with E-state index in [0.29, 0.717) is 27.8 Å². The molecule has 0 saturated heterocycles. The second kappa shape index (κ2) is 7.94. The van der Waals surface area contributed by atoms with E-state index in [1.54, 1.807) is 22.8 Å². The number of fused-ring (bicyclic) bond motifs is 1. The van der Waals surface area contributed by atoms with Gasteiger partial charge >= 0.3 is 0 Å². The summed E-state index contributed by atoms with van der Waals surface area (Å²) in [6.07, 6.45) is 0.865. The fraction of sp³-hybridized carbons (Fsp3) is 0.389. The Balaban J connectivity index is 2.15. The number of carbonyl (C=O) groups is 1. The molecule has 1 unspecified atom stereocenters. The van der Waals surface area contributed by atoms with E-state index >= 15 is 0 Å². The molecule has 3 aromatic heterocycles. The first-order chi connectivity index (χ1) is 12.4. The van der Waals surface area contributed by atoms with Crippen LogP contribution in [-0.2, 0) is 11.3 Å². The molecule has 0 aliphatic carbocycles.